The smallest absolute Gasteiger partial charge is 0.416 e. The summed E-state index contributed by atoms with van der Waals surface area (Å²) >= 11 is 0.991. The summed E-state index contributed by atoms with van der Waals surface area (Å²) in [6.45, 7) is 1.16. The monoisotopic (exact) mass is 468 g/mol. The molecule has 2 aromatic rings. The van der Waals surface area contributed by atoms with Crippen LogP contribution in [0.5, 0.6) is 5.75 Å². The van der Waals surface area contributed by atoms with Crippen LogP contribution in [0.15, 0.2) is 48.5 Å². The fourth-order valence-corrected chi connectivity index (χ4v) is 4.05. The van der Waals surface area contributed by atoms with Gasteiger partial charge >= 0.3 is 6.18 Å². The number of carbonyl (C=O) groups excluding carboxylic acids is 2. The molecule has 2 N–H and O–H groups in total. The third-order valence-electron chi connectivity index (χ3n) is 4.86. The molecule has 2 amide bonds. The largest absolute Gasteiger partial charge is 0.492 e. The summed E-state index contributed by atoms with van der Waals surface area (Å²) in [5.74, 6) is 0.377. The number of alkyl halides is 3. The molecule has 32 heavy (non-hydrogen) atoms. The summed E-state index contributed by atoms with van der Waals surface area (Å²) in [6.07, 6.45) is -4.46. The molecule has 0 spiro atoms. The quantitative estimate of drug-likeness (QED) is 0.514. The van der Waals surface area contributed by atoms with Gasteiger partial charge in [0.2, 0.25) is 5.91 Å². The number of ether oxygens (including phenoxy) is 2. The van der Waals surface area contributed by atoms with Crippen molar-refractivity contribution in [3.63, 3.8) is 0 Å². The van der Waals surface area contributed by atoms with E-state index in [-0.39, 0.29) is 11.1 Å². The first-order chi connectivity index (χ1) is 15.3. The van der Waals surface area contributed by atoms with Crippen molar-refractivity contribution in [2.45, 2.75) is 24.0 Å². The third-order valence-corrected chi connectivity index (χ3v) is 5.84. The highest BCUT2D eigenvalue weighted by Crippen LogP contribution is 2.31. The lowest BCUT2D eigenvalue weighted by Crippen LogP contribution is -2.27. The number of hydrogen-bond donors (Lipinski definition) is 2. The van der Waals surface area contributed by atoms with E-state index >= 15 is 0 Å². The normalized spacial score (nSPS) is 17.3. The number of methoxy groups -OCH3 is 1. The van der Waals surface area contributed by atoms with Gasteiger partial charge in [-0.05, 0) is 41.8 Å². The SMILES string of the molecule is COC(CNCCOc1ccc(CC2SC(=O)NC2=O)cc1)c1cccc(C(F)(F)F)c1. The minimum absolute atomic E-state index is 0.272. The molecule has 2 aromatic carbocycles. The van der Waals surface area contributed by atoms with Gasteiger partial charge < -0.3 is 14.8 Å². The number of thioether (sulfide) groups is 1. The zero-order valence-electron chi connectivity index (χ0n) is 17.3. The first-order valence-corrected chi connectivity index (χ1v) is 10.8. The number of amides is 2. The number of benzene rings is 2. The van der Waals surface area contributed by atoms with Crippen LogP contribution in [0.4, 0.5) is 18.0 Å². The molecule has 1 saturated heterocycles. The highest BCUT2D eigenvalue weighted by molar-refractivity contribution is 8.15. The molecule has 1 fully saturated rings. The van der Waals surface area contributed by atoms with Crippen LogP contribution in [0, 0.1) is 0 Å². The van der Waals surface area contributed by atoms with Crippen molar-refractivity contribution in [3.8, 4) is 5.75 Å². The van der Waals surface area contributed by atoms with Gasteiger partial charge in [-0.2, -0.15) is 13.2 Å². The Bertz CT molecular complexity index is 938. The second-order valence-corrected chi connectivity index (χ2v) is 8.31. The topological polar surface area (TPSA) is 76.7 Å². The number of halogens is 3. The zero-order chi connectivity index (χ0) is 23.1. The number of rotatable bonds is 10. The molecule has 0 saturated carbocycles. The highest BCUT2D eigenvalue weighted by Gasteiger charge is 2.32. The summed E-state index contributed by atoms with van der Waals surface area (Å²) in [5, 5.41) is 4.65. The predicted octanol–water partition coefficient (Wildman–Crippen LogP) is 3.96. The van der Waals surface area contributed by atoms with Crippen LogP contribution in [0.2, 0.25) is 0 Å². The molecule has 0 aliphatic carbocycles. The zero-order valence-corrected chi connectivity index (χ0v) is 18.1. The Morgan fingerprint density at radius 3 is 2.53 bits per heavy atom. The fourth-order valence-electron chi connectivity index (χ4n) is 3.19. The van der Waals surface area contributed by atoms with Gasteiger partial charge in [0.15, 0.2) is 0 Å². The van der Waals surface area contributed by atoms with E-state index in [9.17, 15) is 22.8 Å². The first-order valence-electron chi connectivity index (χ1n) is 9.90. The lowest BCUT2D eigenvalue weighted by Gasteiger charge is -2.18. The Balaban J connectivity index is 1.41. The second-order valence-electron chi connectivity index (χ2n) is 7.13. The summed E-state index contributed by atoms with van der Waals surface area (Å²) < 4.78 is 49.7. The average Bonchev–Trinajstić information content (AvgIpc) is 3.08. The number of nitrogens with one attached hydrogen (secondary N) is 2. The van der Waals surface area contributed by atoms with Crippen LogP contribution in [0.1, 0.15) is 22.8 Å². The van der Waals surface area contributed by atoms with E-state index in [0.717, 1.165) is 29.5 Å². The first kappa shape index (κ1) is 24.1. The van der Waals surface area contributed by atoms with Gasteiger partial charge in [0, 0.05) is 20.2 Å². The number of hydrogen-bond acceptors (Lipinski definition) is 6. The summed E-state index contributed by atoms with van der Waals surface area (Å²) in [6, 6.07) is 12.4. The second kappa shape index (κ2) is 10.8. The van der Waals surface area contributed by atoms with Crippen LogP contribution < -0.4 is 15.4 Å². The molecule has 2 unspecified atom stereocenters. The third kappa shape index (κ3) is 6.72. The molecule has 0 bridgehead atoms. The minimum Gasteiger partial charge on any atom is -0.492 e. The lowest BCUT2D eigenvalue weighted by atomic mass is 10.1. The van der Waals surface area contributed by atoms with Gasteiger partial charge in [0.05, 0.1) is 16.9 Å². The summed E-state index contributed by atoms with van der Waals surface area (Å²) in [7, 11) is 1.45. The van der Waals surface area contributed by atoms with Crippen LogP contribution in [0.25, 0.3) is 0 Å². The Morgan fingerprint density at radius 2 is 1.91 bits per heavy atom. The van der Waals surface area contributed by atoms with Crippen molar-refractivity contribution in [2.75, 3.05) is 26.8 Å². The summed E-state index contributed by atoms with van der Waals surface area (Å²) in [4.78, 5) is 22.9. The van der Waals surface area contributed by atoms with Crippen LogP contribution in [-0.4, -0.2) is 43.2 Å². The van der Waals surface area contributed by atoms with Crippen molar-refractivity contribution in [3.05, 3.63) is 65.2 Å². The van der Waals surface area contributed by atoms with Gasteiger partial charge in [0.25, 0.3) is 5.24 Å². The van der Waals surface area contributed by atoms with Crippen molar-refractivity contribution in [2.24, 2.45) is 0 Å². The molecule has 1 aliphatic rings. The Labute approximate surface area is 187 Å². The summed E-state index contributed by atoms with van der Waals surface area (Å²) in [5.41, 5.74) is 0.659. The average molecular weight is 468 g/mol. The maximum absolute atomic E-state index is 12.9. The molecule has 10 heteroatoms. The van der Waals surface area contributed by atoms with Crippen molar-refractivity contribution in [1.29, 1.82) is 0 Å². The fraction of sp³-hybridized carbons (Fsp3) is 0.364. The van der Waals surface area contributed by atoms with E-state index in [0.29, 0.717) is 37.4 Å². The minimum atomic E-state index is -4.40. The maximum Gasteiger partial charge on any atom is 0.416 e. The molecule has 2 atom stereocenters. The van der Waals surface area contributed by atoms with Gasteiger partial charge in [0.1, 0.15) is 12.4 Å². The van der Waals surface area contributed by atoms with Crippen molar-refractivity contribution in [1.82, 2.24) is 10.6 Å². The molecule has 3 rings (SSSR count). The maximum atomic E-state index is 12.9. The molecule has 1 aliphatic heterocycles. The Hall–Kier alpha value is -2.56. The van der Waals surface area contributed by atoms with Gasteiger partial charge in [-0.15, -0.1) is 0 Å². The molecule has 0 radical (unpaired) electrons. The van der Waals surface area contributed by atoms with E-state index in [2.05, 4.69) is 10.6 Å². The highest BCUT2D eigenvalue weighted by atomic mass is 32.2. The molecule has 6 nitrogen and oxygen atoms in total. The predicted molar refractivity (Wildman–Crippen MR) is 115 cm³/mol. The Kier molecular flexibility index (Phi) is 8.16. The van der Waals surface area contributed by atoms with Gasteiger partial charge in [-0.25, -0.2) is 0 Å². The molecular weight excluding hydrogens is 445 g/mol. The van der Waals surface area contributed by atoms with E-state index in [1.54, 1.807) is 18.2 Å². The van der Waals surface area contributed by atoms with Crippen LogP contribution >= 0.6 is 11.8 Å². The Morgan fingerprint density at radius 1 is 1.16 bits per heavy atom. The standard InChI is InChI=1S/C22H23F3N2O4S/c1-30-18(15-3-2-4-16(12-15)22(23,24)25)13-26-9-10-31-17-7-5-14(6-8-17)11-19-20(28)27-21(29)32-19/h2-8,12,18-19,26H,9-11,13H2,1H3,(H,27,28,29). The van der Waals surface area contributed by atoms with E-state index in [1.165, 1.54) is 13.2 Å². The molecular formula is C22H23F3N2O4S. The van der Waals surface area contributed by atoms with Crippen molar-refractivity contribution < 1.29 is 32.2 Å². The molecule has 0 aromatic heterocycles. The lowest BCUT2D eigenvalue weighted by molar-refractivity contribution is -0.137. The molecule has 1 heterocycles. The van der Waals surface area contributed by atoms with E-state index in [1.807, 2.05) is 12.1 Å². The molecule has 172 valence electrons. The van der Waals surface area contributed by atoms with Gasteiger partial charge in [-0.3, -0.25) is 14.9 Å². The number of carbonyl (C=O) groups is 2. The van der Waals surface area contributed by atoms with E-state index in [4.69, 9.17) is 9.47 Å². The number of imide groups is 1. The van der Waals surface area contributed by atoms with E-state index < -0.39 is 23.1 Å². The van der Waals surface area contributed by atoms with Crippen LogP contribution in [0.3, 0.4) is 0 Å². The van der Waals surface area contributed by atoms with Crippen molar-refractivity contribution >= 4 is 22.9 Å². The van der Waals surface area contributed by atoms with Crippen LogP contribution in [-0.2, 0) is 22.1 Å². The van der Waals surface area contributed by atoms with Gasteiger partial charge in [-0.1, -0.05) is 36.0 Å².